The molecule has 1 aromatic rings. The molecule has 0 saturated carbocycles. The van der Waals surface area contributed by atoms with Crippen molar-refractivity contribution in [3.8, 4) is 0 Å². The summed E-state index contributed by atoms with van der Waals surface area (Å²) >= 11 is 1.12. The van der Waals surface area contributed by atoms with E-state index in [2.05, 4.69) is 10.3 Å². The van der Waals surface area contributed by atoms with Crippen molar-refractivity contribution in [2.45, 2.75) is 13.8 Å². The lowest BCUT2D eigenvalue weighted by atomic mass is 10.4. The molecule has 0 fully saturated rings. The van der Waals surface area contributed by atoms with Crippen LogP contribution in [0.2, 0.25) is 0 Å². The Kier molecular flexibility index (Phi) is 5.76. The maximum Gasteiger partial charge on any atom is 0.350 e. The van der Waals surface area contributed by atoms with Crippen molar-refractivity contribution in [1.82, 2.24) is 4.98 Å². The highest BCUT2D eigenvalue weighted by Gasteiger charge is 2.16. The number of hydrogen-bond acceptors (Lipinski definition) is 5. The first kappa shape index (κ1) is 14.7. The first-order valence-electron chi connectivity index (χ1n) is 4.30. The Balaban J connectivity index is 0.00000225. The van der Waals surface area contributed by atoms with Gasteiger partial charge in [0, 0.05) is 0 Å². The lowest BCUT2D eigenvalue weighted by Crippen LogP contribution is -2.20. The molecule has 6 nitrogen and oxygen atoms in total. The third kappa shape index (κ3) is 3.67. The second kappa shape index (κ2) is 6.29. The van der Waals surface area contributed by atoms with Gasteiger partial charge in [0.15, 0.2) is 11.1 Å². The molecule has 4 N–H and O–H groups in total. The van der Waals surface area contributed by atoms with Crippen molar-refractivity contribution in [1.29, 1.82) is 5.41 Å². The summed E-state index contributed by atoms with van der Waals surface area (Å²) in [6.45, 7) is 3.77. The highest BCUT2D eigenvalue weighted by molar-refractivity contribution is 7.17. The fourth-order valence-corrected chi connectivity index (χ4v) is 1.82. The van der Waals surface area contributed by atoms with Crippen LogP contribution in [-0.2, 0) is 4.74 Å². The van der Waals surface area contributed by atoms with Crippen LogP contribution < -0.4 is 11.1 Å². The number of aryl methyl sites for hydroxylation is 1. The van der Waals surface area contributed by atoms with Crippen LogP contribution in [0.15, 0.2) is 0 Å². The quantitative estimate of drug-likeness (QED) is 0.435. The number of nitrogens with two attached hydrogens (primary N) is 1. The summed E-state index contributed by atoms with van der Waals surface area (Å²) in [5, 5.41) is 9.96. The molecular formula is C8H13ClN4O2S. The molecule has 0 amide bonds. The number of nitrogens with one attached hydrogen (secondary N) is 2. The fourth-order valence-electron chi connectivity index (χ4n) is 0.951. The number of anilines is 1. The van der Waals surface area contributed by atoms with Crippen molar-refractivity contribution in [3.05, 3.63) is 10.6 Å². The molecule has 8 heteroatoms. The molecule has 0 aliphatic heterocycles. The zero-order chi connectivity index (χ0) is 11.4. The highest BCUT2D eigenvalue weighted by atomic mass is 35.5. The first-order valence-corrected chi connectivity index (χ1v) is 5.11. The number of guanidine groups is 1. The van der Waals surface area contributed by atoms with Crippen molar-refractivity contribution in [2.75, 3.05) is 11.9 Å². The van der Waals surface area contributed by atoms with Gasteiger partial charge in [0.2, 0.25) is 0 Å². The molecule has 0 spiro atoms. The number of carbonyl (C=O) groups excluding carboxylic acids is 1. The molecule has 16 heavy (non-hydrogen) atoms. The third-order valence-corrected chi connectivity index (χ3v) is 2.55. The minimum Gasteiger partial charge on any atom is -0.462 e. The average molecular weight is 265 g/mol. The molecule has 0 radical (unpaired) electrons. The van der Waals surface area contributed by atoms with E-state index in [0.717, 1.165) is 11.3 Å². The number of thiazole rings is 1. The summed E-state index contributed by atoms with van der Waals surface area (Å²) in [5.41, 5.74) is 5.71. The molecule has 0 unspecified atom stereocenters. The van der Waals surface area contributed by atoms with E-state index < -0.39 is 5.97 Å². The maximum atomic E-state index is 11.4. The smallest absolute Gasteiger partial charge is 0.350 e. The van der Waals surface area contributed by atoms with Gasteiger partial charge in [-0.25, -0.2) is 9.78 Å². The van der Waals surface area contributed by atoms with Gasteiger partial charge in [0.05, 0.1) is 12.3 Å². The SMILES string of the molecule is CCOC(=O)c1sc(NC(=N)N)nc1C.Cl. The normalized spacial score (nSPS) is 9.12. The molecule has 0 bridgehead atoms. The largest absolute Gasteiger partial charge is 0.462 e. The van der Waals surface area contributed by atoms with E-state index in [1.54, 1.807) is 13.8 Å². The van der Waals surface area contributed by atoms with E-state index in [1.807, 2.05) is 0 Å². The number of hydrogen-bond donors (Lipinski definition) is 3. The van der Waals surface area contributed by atoms with Gasteiger partial charge in [-0.15, -0.1) is 12.4 Å². The summed E-state index contributed by atoms with van der Waals surface area (Å²) in [4.78, 5) is 15.9. The summed E-state index contributed by atoms with van der Waals surface area (Å²) in [7, 11) is 0. The fraction of sp³-hybridized carbons (Fsp3) is 0.375. The van der Waals surface area contributed by atoms with Gasteiger partial charge >= 0.3 is 5.97 Å². The van der Waals surface area contributed by atoms with Crippen LogP contribution in [0.1, 0.15) is 22.3 Å². The van der Waals surface area contributed by atoms with Crippen molar-refractivity contribution in [3.63, 3.8) is 0 Å². The predicted molar refractivity (Wildman–Crippen MR) is 65.6 cm³/mol. The second-order valence-electron chi connectivity index (χ2n) is 2.69. The monoisotopic (exact) mass is 264 g/mol. The second-order valence-corrected chi connectivity index (χ2v) is 3.69. The number of ether oxygens (including phenoxy) is 1. The van der Waals surface area contributed by atoms with Crippen LogP contribution >= 0.6 is 23.7 Å². The van der Waals surface area contributed by atoms with Gasteiger partial charge in [-0.3, -0.25) is 5.41 Å². The van der Waals surface area contributed by atoms with Gasteiger partial charge in [-0.05, 0) is 13.8 Å². The van der Waals surface area contributed by atoms with Crippen LogP contribution in [-0.4, -0.2) is 23.5 Å². The van der Waals surface area contributed by atoms with Gasteiger partial charge in [-0.1, -0.05) is 11.3 Å². The van der Waals surface area contributed by atoms with Gasteiger partial charge in [0.25, 0.3) is 0 Å². The van der Waals surface area contributed by atoms with Crippen LogP contribution in [0.3, 0.4) is 0 Å². The molecular weight excluding hydrogens is 252 g/mol. The molecule has 0 saturated heterocycles. The standard InChI is InChI=1S/C8H12N4O2S.ClH/c1-3-14-6(13)5-4(2)11-8(15-5)12-7(9)10;/h3H2,1-2H3,(H4,9,10,11,12);1H. The maximum absolute atomic E-state index is 11.4. The highest BCUT2D eigenvalue weighted by Crippen LogP contribution is 2.22. The van der Waals surface area contributed by atoms with Crippen LogP contribution in [0.4, 0.5) is 5.13 Å². The van der Waals surface area contributed by atoms with E-state index in [4.69, 9.17) is 15.9 Å². The first-order chi connectivity index (χ1) is 7.04. The van der Waals surface area contributed by atoms with Crippen LogP contribution in [0.5, 0.6) is 0 Å². The number of nitrogens with zero attached hydrogens (tertiary/aromatic N) is 1. The molecule has 1 aromatic heterocycles. The molecule has 0 atom stereocenters. The number of halogens is 1. The number of aromatic nitrogens is 1. The van der Waals surface area contributed by atoms with Crippen LogP contribution in [0, 0.1) is 12.3 Å². The summed E-state index contributed by atoms with van der Waals surface area (Å²) in [6.07, 6.45) is 0. The minimum absolute atomic E-state index is 0. The molecule has 1 heterocycles. The van der Waals surface area contributed by atoms with Crippen molar-refractivity contribution >= 4 is 40.8 Å². The van der Waals surface area contributed by atoms with Crippen LogP contribution in [0.25, 0.3) is 0 Å². The Morgan fingerprint density at radius 1 is 1.69 bits per heavy atom. The third-order valence-electron chi connectivity index (χ3n) is 1.50. The van der Waals surface area contributed by atoms with E-state index in [0.29, 0.717) is 22.3 Å². The number of esters is 1. The summed E-state index contributed by atoms with van der Waals surface area (Å²) in [5.74, 6) is -0.608. The molecule has 0 aromatic carbocycles. The lowest BCUT2D eigenvalue weighted by molar-refractivity contribution is 0.0531. The topological polar surface area (TPSA) is 101 Å². The van der Waals surface area contributed by atoms with E-state index in [9.17, 15) is 4.79 Å². The summed E-state index contributed by atoms with van der Waals surface area (Å²) < 4.78 is 4.85. The predicted octanol–water partition coefficient (Wildman–Crippen LogP) is 1.36. The van der Waals surface area contributed by atoms with Gasteiger partial charge in [0.1, 0.15) is 4.88 Å². The molecule has 0 aliphatic rings. The van der Waals surface area contributed by atoms with E-state index >= 15 is 0 Å². The Morgan fingerprint density at radius 3 is 2.81 bits per heavy atom. The van der Waals surface area contributed by atoms with Gasteiger partial charge in [-0.2, -0.15) is 0 Å². The van der Waals surface area contributed by atoms with Gasteiger partial charge < -0.3 is 15.8 Å². The van der Waals surface area contributed by atoms with Crippen molar-refractivity contribution in [2.24, 2.45) is 5.73 Å². The molecule has 90 valence electrons. The minimum atomic E-state index is -0.399. The number of rotatable bonds is 3. The Hall–Kier alpha value is -1.34. The Labute approximate surface area is 103 Å². The molecule has 0 aliphatic carbocycles. The zero-order valence-corrected chi connectivity index (χ0v) is 10.5. The van der Waals surface area contributed by atoms with E-state index in [-0.39, 0.29) is 18.4 Å². The molecule has 1 rings (SSSR count). The Bertz CT molecular complexity index is 393. The number of carbonyl (C=O) groups is 1. The zero-order valence-electron chi connectivity index (χ0n) is 8.86. The lowest BCUT2D eigenvalue weighted by Gasteiger charge is -1.97. The van der Waals surface area contributed by atoms with Crippen molar-refractivity contribution < 1.29 is 9.53 Å². The summed E-state index contributed by atoms with van der Waals surface area (Å²) in [6, 6.07) is 0. The average Bonchev–Trinajstić information content (AvgIpc) is 2.46. The van der Waals surface area contributed by atoms with E-state index in [1.165, 1.54) is 0 Å². The Morgan fingerprint density at radius 2 is 2.31 bits per heavy atom.